The lowest BCUT2D eigenvalue weighted by Crippen LogP contribution is -2.12. The smallest absolute Gasteiger partial charge is 0.294 e. The number of nitrogens with two attached hydrogens (primary N) is 1. The van der Waals surface area contributed by atoms with Gasteiger partial charge in [0.1, 0.15) is 10.7 Å². The Hall–Kier alpha value is -2.26. The second kappa shape index (κ2) is 5.16. The largest absolute Gasteiger partial charge is 0.392 e. The van der Waals surface area contributed by atoms with E-state index >= 15 is 0 Å². The molecule has 0 fully saturated rings. The fourth-order valence-electron chi connectivity index (χ4n) is 1.29. The maximum absolute atomic E-state index is 11.9. The standard InChI is InChI=1S/C9H6ClN5O3S/c10-5-1-4(2-6(8(5)11)15(17)18)9(16)13-7-3-12-14-19-7/h1-3H,11H2,(H,13,16). The number of hydrogen-bond donors (Lipinski definition) is 2. The highest BCUT2D eigenvalue weighted by molar-refractivity contribution is 7.10. The van der Waals surface area contributed by atoms with E-state index in [9.17, 15) is 14.9 Å². The molecule has 0 radical (unpaired) electrons. The van der Waals surface area contributed by atoms with Gasteiger partial charge in [0.25, 0.3) is 11.6 Å². The molecule has 0 unspecified atom stereocenters. The Morgan fingerprint density at radius 1 is 1.53 bits per heavy atom. The van der Waals surface area contributed by atoms with E-state index in [4.69, 9.17) is 17.3 Å². The van der Waals surface area contributed by atoms with E-state index < -0.39 is 16.5 Å². The van der Waals surface area contributed by atoms with E-state index in [1.54, 1.807) is 0 Å². The molecule has 2 aromatic rings. The molecule has 3 N–H and O–H groups in total. The predicted molar refractivity (Wildman–Crippen MR) is 70.4 cm³/mol. The molecule has 0 aliphatic rings. The van der Waals surface area contributed by atoms with Crippen LogP contribution < -0.4 is 11.1 Å². The first kappa shape index (κ1) is 13.2. The number of nitro groups is 1. The molecule has 0 aliphatic carbocycles. The zero-order valence-electron chi connectivity index (χ0n) is 9.16. The van der Waals surface area contributed by atoms with Gasteiger partial charge in [-0.2, -0.15) is 0 Å². The number of nitro benzene ring substituents is 1. The number of benzene rings is 1. The van der Waals surface area contributed by atoms with Crippen LogP contribution >= 0.6 is 23.1 Å². The number of carbonyl (C=O) groups is 1. The van der Waals surface area contributed by atoms with Crippen molar-refractivity contribution in [2.45, 2.75) is 0 Å². The van der Waals surface area contributed by atoms with Gasteiger partial charge in [-0.25, -0.2) is 0 Å². The quantitative estimate of drug-likeness (QED) is 0.507. The third-order valence-corrected chi connectivity index (χ3v) is 3.06. The molecule has 1 aromatic heterocycles. The van der Waals surface area contributed by atoms with Crippen molar-refractivity contribution in [3.05, 3.63) is 39.0 Å². The van der Waals surface area contributed by atoms with Crippen molar-refractivity contribution in [2.24, 2.45) is 0 Å². The summed E-state index contributed by atoms with van der Waals surface area (Å²) in [5.74, 6) is -0.559. The number of aromatic nitrogens is 2. The Morgan fingerprint density at radius 2 is 2.26 bits per heavy atom. The number of carbonyl (C=O) groups excluding carboxylic acids is 1. The first-order chi connectivity index (χ1) is 8.99. The average Bonchev–Trinajstić information content (AvgIpc) is 2.84. The molecule has 2 rings (SSSR count). The van der Waals surface area contributed by atoms with Gasteiger partial charge in [-0.3, -0.25) is 14.9 Å². The summed E-state index contributed by atoms with van der Waals surface area (Å²) < 4.78 is 3.57. The molecule has 8 nitrogen and oxygen atoms in total. The van der Waals surface area contributed by atoms with Gasteiger partial charge < -0.3 is 11.1 Å². The molecule has 0 saturated heterocycles. The third-order valence-electron chi connectivity index (χ3n) is 2.16. The Morgan fingerprint density at radius 3 is 2.84 bits per heavy atom. The van der Waals surface area contributed by atoms with Gasteiger partial charge in [0, 0.05) is 23.2 Å². The van der Waals surface area contributed by atoms with Gasteiger partial charge >= 0.3 is 0 Å². The average molecular weight is 300 g/mol. The van der Waals surface area contributed by atoms with Crippen LogP contribution in [-0.4, -0.2) is 20.4 Å². The number of nitrogens with one attached hydrogen (secondary N) is 1. The molecule has 1 amide bonds. The Kier molecular flexibility index (Phi) is 3.58. The third kappa shape index (κ3) is 2.77. The molecular formula is C9H6ClN5O3S. The van der Waals surface area contributed by atoms with Crippen LogP contribution in [-0.2, 0) is 0 Å². The first-order valence-electron chi connectivity index (χ1n) is 4.81. The summed E-state index contributed by atoms with van der Waals surface area (Å²) in [4.78, 5) is 21.9. The lowest BCUT2D eigenvalue weighted by molar-refractivity contribution is -0.383. The summed E-state index contributed by atoms with van der Waals surface area (Å²) in [5, 5.41) is 17.2. The number of nitrogen functional groups attached to an aromatic ring is 1. The molecule has 0 aliphatic heterocycles. The van der Waals surface area contributed by atoms with Gasteiger partial charge in [-0.1, -0.05) is 16.1 Å². The second-order valence-corrected chi connectivity index (χ2v) is 4.58. The molecular weight excluding hydrogens is 294 g/mol. The van der Waals surface area contributed by atoms with E-state index in [0.29, 0.717) is 5.00 Å². The number of hydrogen-bond acceptors (Lipinski definition) is 7. The first-order valence-corrected chi connectivity index (χ1v) is 5.96. The van der Waals surface area contributed by atoms with E-state index in [1.165, 1.54) is 12.3 Å². The summed E-state index contributed by atoms with van der Waals surface area (Å²) in [6.45, 7) is 0. The van der Waals surface area contributed by atoms with Crippen LogP contribution in [0.4, 0.5) is 16.4 Å². The summed E-state index contributed by atoms with van der Waals surface area (Å²) in [5.41, 5.74) is 4.90. The van der Waals surface area contributed by atoms with Crippen molar-refractivity contribution in [2.75, 3.05) is 11.1 Å². The molecule has 1 heterocycles. The zero-order chi connectivity index (χ0) is 14.0. The summed E-state index contributed by atoms with van der Waals surface area (Å²) in [6.07, 6.45) is 1.36. The highest BCUT2D eigenvalue weighted by atomic mass is 35.5. The van der Waals surface area contributed by atoms with E-state index in [1.807, 2.05) is 0 Å². The topological polar surface area (TPSA) is 124 Å². The Labute approximate surface area is 115 Å². The summed E-state index contributed by atoms with van der Waals surface area (Å²) in [6, 6.07) is 2.32. The number of halogens is 1. The monoisotopic (exact) mass is 299 g/mol. The van der Waals surface area contributed by atoms with E-state index in [0.717, 1.165) is 17.6 Å². The van der Waals surface area contributed by atoms with Crippen LogP contribution in [0.25, 0.3) is 0 Å². The van der Waals surface area contributed by atoms with E-state index in [-0.39, 0.29) is 16.3 Å². The fourth-order valence-corrected chi connectivity index (χ4v) is 1.92. The van der Waals surface area contributed by atoms with Crippen LogP contribution in [0.15, 0.2) is 18.3 Å². The van der Waals surface area contributed by atoms with Crippen molar-refractivity contribution in [3.63, 3.8) is 0 Å². The van der Waals surface area contributed by atoms with Crippen molar-refractivity contribution in [3.8, 4) is 0 Å². The molecule has 98 valence electrons. The minimum atomic E-state index is -0.702. The molecule has 19 heavy (non-hydrogen) atoms. The number of amides is 1. The van der Waals surface area contributed by atoms with Crippen LogP contribution in [0.3, 0.4) is 0 Å². The maximum atomic E-state index is 11.9. The molecule has 0 bridgehead atoms. The number of nitrogens with zero attached hydrogens (tertiary/aromatic N) is 3. The molecule has 0 spiro atoms. The van der Waals surface area contributed by atoms with Gasteiger partial charge in [0.05, 0.1) is 16.1 Å². The number of anilines is 2. The van der Waals surface area contributed by atoms with Crippen LogP contribution in [0.1, 0.15) is 10.4 Å². The molecule has 10 heteroatoms. The predicted octanol–water partition coefficient (Wildman–Crippen LogP) is 1.93. The fraction of sp³-hybridized carbons (Fsp3) is 0. The van der Waals surface area contributed by atoms with Gasteiger partial charge in [0.15, 0.2) is 0 Å². The molecule has 0 atom stereocenters. The lowest BCUT2D eigenvalue weighted by atomic mass is 10.1. The van der Waals surface area contributed by atoms with Crippen molar-refractivity contribution < 1.29 is 9.72 Å². The van der Waals surface area contributed by atoms with Crippen molar-refractivity contribution in [1.29, 1.82) is 0 Å². The second-order valence-electron chi connectivity index (χ2n) is 3.38. The minimum Gasteiger partial charge on any atom is -0.392 e. The highest BCUT2D eigenvalue weighted by Crippen LogP contribution is 2.31. The minimum absolute atomic E-state index is 0.0271. The van der Waals surface area contributed by atoms with Crippen LogP contribution in [0.5, 0.6) is 0 Å². The SMILES string of the molecule is Nc1c(Cl)cc(C(=O)Nc2cnns2)cc1[N+](=O)[O-]. The summed E-state index contributed by atoms with van der Waals surface area (Å²) >= 11 is 6.74. The van der Waals surface area contributed by atoms with E-state index in [2.05, 4.69) is 14.9 Å². The Balaban J connectivity index is 2.35. The van der Waals surface area contributed by atoms with Gasteiger partial charge in [-0.15, -0.1) is 5.10 Å². The Bertz CT molecular complexity index is 646. The molecule has 0 saturated carbocycles. The maximum Gasteiger partial charge on any atom is 0.294 e. The van der Waals surface area contributed by atoms with Gasteiger partial charge in [-0.05, 0) is 6.07 Å². The molecule has 1 aromatic carbocycles. The zero-order valence-corrected chi connectivity index (χ0v) is 10.7. The summed E-state index contributed by atoms with van der Waals surface area (Å²) in [7, 11) is 0. The lowest BCUT2D eigenvalue weighted by Gasteiger charge is -2.05. The highest BCUT2D eigenvalue weighted by Gasteiger charge is 2.19. The number of rotatable bonds is 3. The van der Waals surface area contributed by atoms with Crippen LogP contribution in [0, 0.1) is 10.1 Å². The van der Waals surface area contributed by atoms with Crippen LogP contribution in [0.2, 0.25) is 5.02 Å². The van der Waals surface area contributed by atoms with Crippen molar-refractivity contribution in [1.82, 2.24) is 9.59 Å². The van der Waals surface area contributed by atoms with Gasteiger partial charge in [0.2, 0.25) is 0 Å². The normalized spacial score (nSPS) is 10.2. The van der Waals surface area contributed by atoms with Crippen molar-refractivity contribution >= 4 is 45.4 Å².